The predicted octanol–water partition coefficient (Wildman–Crippen LogP) is 17.4. The van der Waals surface area contributed by atoms with Gasteiger partial charge in [-0.05, 0) is 107 Å². The van der Waals surface area contributed by atoms with Crippen molar-refractivity contribution in [2.75, 3.05) is 4.90 Å². The fourth-order valence-corrected chi connectivity index (χ4v) is 10.3. The number of hydrogen-bond donors (Lipinski definition) is 0. The van der Waals surface area contributed by atoms with E-state index in [0.29, 0.717) is 5.92 Å². The Kier molecular flexibility index (Phi) is 8.53. The molecule has 4 heteroatoms. The average molecular weight is 835 g/mol. The smallest absolute Gasteiger partial charge is 0.143 e. The second-order valence-corrected chi connectivity index (χ2v) is 17.3. The van der Waals surface area contributed by atoms with Gasteiger partial charge >= 0.3 is 0 Å². The van der Waals surface area contributed by atoms with Crippen molar-refractivity contribution in [1.82, 2.24) is 4.57 Å². The van der Waals surface area contributed by atoms with Crippen LogP contribution in [0.3, 0.4) is 0 Å². The Bertz CT molecular complexity index is 3750. The first-order valence-electron chi connectivity index (χ1n) is 22.5. The first-order valence-corrected chi connectivity index (χ1v) is 22.5. The normalized spacial score (nSPS) is 13.6. The molecule has 0 spiro atoms. The number of allylic oxidation sites excluding steroid dienone is 1. The third-order valence-corrected chi connectivity index (χ3v) is 13.5. The lowest BCUT2D eigenvalue weighted by molar-refractivity contribution is 0.587. The minimum absolute atomic E-state index is 0.427. The lowest BCUT2D eigenvalue weighted by Gasteiger charge is -2.26. The van der Waals surface area contributed by atoms with Gasteiger partial charge in [-0.25, -0.2) is 0 Å². The van der Waals surface area contributed by atoms with Crippen molar-refractivity contribution in [3.05, 3.63) is 224 Å². The molecule has 308 valence electrons. The highest BCUT2D eigenvalue weighted by atomic mass is 16.3. The Balaban J connectivity index is 0.891. The van der Waals surface area contributed by atoms with Crippen LogP contribution in [0.1, 0.15) is 30.6 Å². The number of para-hydroxylation sites is 5. The summed E-state index contributed by atoms with van der Waals surface area (Å²) in [7, 11) is 0. The molecular formula is C61H42N2O2. The summed E-state index contributed by atoms with van der Waals surface area (Å²) in [5.74, 6) is 1.41. The van der Waals surface area contributed by atoms with Gasteiger partial charge in [-0.2, -0.15) is 0 Å². The number of nitrogens with zero attached hydrogens (tertiary/aromatic N) is 2. The van der Waals surface area contributed by atoms with E-state index in [4.69, 9.17) is 8.83 Å². The summed E-state index contributed by atoms with van der Waals surface area (Å²) >= 11 is 0. The molecule has 3 heterocycles. The summed E-state index contributed by atoms with van der Waals surface area (Å²) in [5, 5.41) is 5.98. The molecule has 13 rings (SSSR count). The summed E-state index contributed by atoms with van der Waals surface area (Å²) in [6.45, 7) is 2.29. The maximum absolute atomic E-state index is 6.56. The van der Waals surface area contributed by atoms with Crippen LogP contribution in [0.5, 0.6) is 0 Å². The number of rotatable bonds is 7. The largest absolute Gasteiger partial charge is 0.456 e. The summed E-state index contributed by atoms with van der Waals surface area (Å²) < 4.78 is 15.4. The third kappa shape index (κ3) is 6.06. The molecule has 1 aliphatic rings. The molecule has 12 aromatic rings. The quantitative estimate of drug-likeness (QED) is 0.160. The van der Waals surface area contributed by atoms with E-state index in [0.717, 1.165) is 95.8 Å². The molecule has 0 N–H and O–H groups in total. The molecule has 65 heavy (non-hydrogen) atoms. The fourth-order valence-electron chi connectivity index (χ4n) is 10.3. The summed E-state index contributed by atoms with van der Waals surface area (Å²) in [5.41, 5.74) is 17.5. The molecule has 4 nitrogen and oxygen atoms in total. The maximum atomic E-state index is 6.56. The fraction of sp³-hybridized carbons (Fsp3) is 0.0492. The van der Waals surface area contributed by atoms with Gasteiger partial charge in [0.15, 0.2) is 0 Å². The van der Waals surface area contributed by atoms with Gasteiger partial charge < -0.3 is 18.3 Å². The number of hydrogen-bond acceptors (Lipinski definition) is 3. The number of anilines is 3. The van der Waals surface area contributed by atoms with Crippen molar-refractivity contribution in [2.24, 2.45) is 0 Å². The highest BCUT2D eigenvalue weighted by molar-refractivity contribution is 6.10. The minimum atomic E-state index is 0.427. The van der Waals surface area contributed by atoms with Crippen molar-refractivity contribution >= 4 is 77.9 Å². The van der Waals surface area contributed by atoms with E-state index in [-0.39, 0.29) is 0 Å². The van der Waals surface area contributed by atoms with Crippen LogP contribution in [-0.4, -0.2) is 4.57 Å². The summed E-state index contributed by atoms with van der Waals surface area (Å²) in [6, 6.07) is 74.2. The molecule has 3 aromatic heterocycles. The van der Waals surface area contributed by atoms with E-state index >= 15 is 0 Å². The van der Waals surface area contributed by atoms with Crippen LogP contribution >= 0.6 is 0 Å². The number of aromatic nitrogens is 1. The molecule has 1 unspecified atom stereocenters. The SMILES string of the molecule is CC1CC=Cc2oc3c(-c4ccc(N(c5ccc(-c6cccc(-n7c8ccccc8c8ccccc87)c6)cc5)c5ccc(-c6cccc7c6oc6ccccc67)cc5)cc4)cccc3c21. The maximum Gasteiger partial charge on any atom is 0.143 e. The second-order valence-electron chi connectivity index (χ2n) is 17.3. The van der Waals surface area contributed by atoms with Crippen LogP contribution in [-0.2, 0) is 0 Å². The number of benzene rings is 9. The van der Waals surface area contributed by atoms with Crippen LogP contribution in [0.25, 0.3) is 99.9 Å². The molecule has 1 atom stereocenters. The standard InChI is InChI=1S/C61H42N2O2/c1-39-12-8-25-58-59(39)54-21-11-19-49(61(54)65-58)42-30-36-46(37-31-42)62(45-34-28-41(29-35-45)48-18-10-20-53-52-17-4-7-24-57(52)64-60(48)53)44-32-26-40(27-33-44)43-13-9-14-47(38-43)63-55-22-5-2-15-50(55)51-16-3-6-23-56(51)63/h2-11,13-39H,12H2,1H3. The molecular weight excluding hydrogens is 793 g/mol. The van der Waals surface area contributed by atoms with Gasteiger partial charge in [0.05, 0.1) is 11.0 Å². The van der Waals surface area contributed by atoms with E-state index in [1.807, 2.05) is 12.1 Å². The Morgan fingerprint density at radius 1 is 0.446 bits per heavy atom. The van der Waals surface area contributed by atoms with Crippen LogP contribution in [0, 0.1) is 0 Å². The predicted molar refractivity (Wildman–Crippen MR) is 271 cm³/mol. The van der Waals surface area contributed by atoms with Gasteiger partial charge in [-0.15, -0.1) is 0 Å². The van der Waals surface area contributed by atoms with Gasteiger partial charge in [0.25, 0.3) is 0 Å². The Morgan fingerprint density at radius 2 is 0.969 bits per heavy atom. The number of fused-ring (bicyclic) bond motifs is 9. The highest BCUT2D eigenvalue weighted by Crippen LogP contribution is 2.44. The summed E-state index contributed by atoms with van der Waals surface area (Å²) in [6.07, 6.45) is 5.39. The van der Waals surface area contributed by atoms with E-state index in [1.165, 1.54) is 32.8 Å². The number of furan rings is 2. The van der Waals surface area contributed by atoms with Gasteiger partial charge in [-0.1, -0.05) is 153 Å². The van der Waals surface area contributed by atoms with Gasteiger partial charge in [0.1, 0.15) is 22.5 Å². The van der Waals surface area contributed by atoms with Crippen molar-refractivity contribution in [1.29, 1.82) is 0 Å². The Morgan fingerprint density at radius 3 is 1.62 bits per heavy atom. The van der Waals surface area contributed by atoms with E-state index in [2.05, 4.69) is 223 Å². The van der Waals surface area contributed by atoms with Gasteiger partial charge in [-0.3, -0.25) is 0 Å². The van der Waals surface area contributed by atoms with Crippen LogP contribution < -0.4 is 4.90 Å². The zero-order valence-corrected chi connectivity index (χ0v) is 35.8. The van der Waals surface area contributed by atoms with Gasteiger partial charge in [0.2, 0.25) is 0 Å². The summed E-state index contributed by atoms with van der Waals surface area (Å²) in [4.78, 5) is 2.34. The van der Waals surface area contributed by atoms with Crippen molar-refractivity contribution in [3.63, 3.8) is 0 Å². The minimum Gasteiger partial charge on any atom is -0.456 e. The first-order chi connectivity index (χ1) is 32.1. The second kappa shape index (κ2) is 14.9. The van der Waals surface area contributed by atoms with E-state index in [9.17, 15) is 0 Å². The molecule has 0 amide bonds. The van der Waals surface area contributed by atoms with E-state index in [1.54, 1.807) is 0 Å². The van der Waals surface area contributed by atoms with Crippen LogP contribution in [0.4, 0.5) is 17.1 Å². The van der Waals surface area contributed by atoms with Crippen LogP contribution in [0.2, 0.25) is 0 Å². The lowest BCUT2D eigenvalue weighted by atomic mass is 9.90. The molecule has 0 aliphatic heterocycles. The molecule has 0 saturated carbocycles. The lowest BCUT2D eigenvalue weighted by Crippen LogP contribution is -2.09. The Labute approximate surface area is 376 Å². The van der Waals surface area contributed by atoms with Crippen molar-refractivity contribution in [3.8, 4) is 39.1 Å². The third-order valence-electron chi connectivity index (χ3n) is 13.5. The Hall–Kier alpha value is -8.34. The molecule has 0 bridgehead atoms. The average Bonchev–Trinajstić information content (AvgIpc) is 4.05. The topological polar surface area (TPSA) is 34.5 Å². The van der Waals surface area contributed by atoms with Crippen molar-refractivity contribution < 1.29 is 8.83 Å². The zero-order valence-electron chi connectivity index (χ0n) is 35.8. The highest BCUT2D eigenvalue weighted by Gasteiger charge is 2.23. The molecule has 9 aromatic carbocycles. The molecule has 0 saturated heterocycles. The van der Waals surface area contributed by atoms with Crippen LogP contribution in [0.15, 0.2) is 221 Å². The van der Waals surface area contributed by atoms with Crippen molar-refractivity contribution in [2.45, 2.75) is 19.3 Å². The molecule has 1 aliphatic carbocycles. The molecule has 0 radical (unpaired) electrons. The first kappa shape index (κ1) is 37.2. The van der Waals surface area contributed by atoms with E-state index < -0.39 is 0 Å². The molecule has 0 fully saturated rings. The monoisotopic (exact) mass is 834 g/mol. The zero-order chi connectivity index (χ0) is 43.0. The van der Waals surface area contributed by atoms with Gasteiger partial charge in [0, 0.05) is 66.4 Å².